The number of halogens is 2. The van der Waals surface area contributed by atoms with Crippen LogP contribution in [0.15, 0.2) is 61.1 Å². The van der Waals surface area contributed by atoms with Crippen molar-refractivity contribution in [2.24, 2.45) is 0 Å². The zero-order chi connectivity index (χ0) is 21.1. The van der Waals surface area contributed by atoms with Gasteiger partial charge in [-0.15, -0.1) is 0 Å². The average Bonchev–Trinajstić information content (AvgIpc) is 3.37. The van der Waals surface area contributed by atoms with Crippen molar-refractivity contribution < 1.29 is 18.4 Å². The van der Waals surface area contributed by atoms with Crippen molar-refractivity contribution in [2.45, 2.75) is 6.54 Å². The molecule has 2 heterocycles. The standard InChI is InChI=1S/C20H16F2N6O2/c21-13-5-6-18(16(22)7-13)28-11-12(9-25-28)8-24-20(30)27-26-19(29)15-10-23-17-4-2-1-3-14(15)17/h1-7,9-11,23H,8H2,(H,26,29)(H2,24,27,30). The fourth-order valence-electron chi connectivity index (χ4n) is 2.92. The number of hydrogen-bond donors (Lipinski definition) is 4. The highest BCUT2D eigenvalue weighted by atomic mass is 19.1. The van der Waals surface area contributed by atoms with Gasteiger partial charge in [-0.3, -0.25) is 10.2 Å². The molecule has 152 valence electrons. The lowest BCUT2D eigenvalue weighted by Crippen LogP contribution is -2.46. The van der Waals surface area contributed by atoms with E-state index in [4.69, 9.17) is 0 Å². The van der Waals surface area contributed by atoms with Crippen LogP contribution in [-0.4, -0.2) is 26.7 Å². The Morgan fingerprint density at radius 3 is 2.77 bits per heavy atom. The maximum absolute atomic E-state index is 13.8. The van der Waals surface area contributed by atoms with Crippen LogP contribution in [0.1, 0.15) is 15.9 Å². The molecule has 4 rings (SSSR count). The average molecular weight is 410 g/mol. The van der Waals surface area contributed by atoms with Crippen molar-refractivity contribution in [2.75, 3.05) is 0 Å². The minimum Gasteiger partial charge on any atom is -0.360 e. The predicted molar refractivity (Wildman–Crippen MR) is 105 cm³/mol. The molecule has 8 nitrogen and oxygen atoms in total. The van der Waals surface area contributed by atoms with E-state index in [1.54, 1.807) is 12.3 Å². The largest absolute Gasteiger partial charge is 0.360 e. The third-order valence-corrected chi connectivity index (χ3v) is 4.37. The molecule has 3 amide bonds. The van der Waals surface area contributed by atoms with Gasteiger partial charge in [-0.1, -0.05) is 18.2 Å². The van der Waals surface area contributed by atoms with Crippen molar-refractivity contribution in [1.82, 2.24) is 30.9 Å². The van der Waals surface area contributed by atoms with Gasteiger partial charge in [-0.25, -0.2) is 23.7 Å². The van der Waals surface area contributed by atoms with Gasteiger partial charge in [-0.2, -0.15) is 5.10 Å². The molecule has 4 aromatic rings. The summed E-state index contributed by atoms with van der Waals surface area (Å²) in [6.07, 6.45) is 4.50. The Kier molecular flexibility index (Phi) is 5.12. The van der Waals surface area contributed by atoms with Crippen molar-refractivity contribution >= 4 is 22.8 Å². The summed E-state index contributed by atoms with van der Waals surface area (Å²) in [6, 6.07) is 9.81. The van der Waals surface area contributed by atoms with Crippen molar-refractivity contribution in [1.29, 1.82) is 0 Å². The van der Waals surface area contributed by atoms with Crippen LogP contribution in [0.3, 0.4) is 0 Å². The van der Waals surface area contributed by atoms with E-state index in [2.05, 4.69) is 26.3 Å². The van der Waals surface area contributed by atoms with E-state index in [1.807, 2.05) is 18.2 Å². The number of amides is 3. The molecule has 2 aromatic heterocycles. The first-order valence-corrected chi connectivity index (χ1v) is 8.90. The molecule has 0 aliphatic rings. The highest BCUT2D eigenvalue weighted by Crippen LogP contribution is 2.17. The number of rotatable bonds is 4. The topological polar surface area (TPSA) is 104 Å². The van der Waals surface area contributed by atoms with E-state index in [-0.39, 0.29) is 12.2 Å². The van der Waals surface area contributed by atoms with Crippen molar-refractivity contribution in [3.8, 4) is 5.69 Å². The van der Waals surface area contributed by atoms with Crippen molar-refractivity contribution in [3.63, 3.8) is 0 Å². The third kappa shape index (κ3) is 3.97. The molecule has 0 aliphatic heterocycles. The highest BCUT2D eigenvalue weighted by molar-refractivity contribution is 6.07. The lowest BCUT2D eigenvalue weighted by Gasteiger charge is -2.08. The summed E-state index contributed by atoms with van der Waals surface area (Å²) in [5.41, 5.74) is 6.46. The second kappa shape index (κ2) is 8.03. The fraction of sp³-hybridized carbons (Fsp3) is 0.0500. The Morgan fingerprint density at radius 2 is 1.93 bits per heavy atom. The number of nitrogens with one attached hydrogen (secondary N) is 4. The lowest BCUT2D eigenvalue weighted by molar-refractivity contribution is 0.0938. The third-order valence-electron chi connectivity index (χ3n) is 4.37. The Morgan fingerprint density at radius 1 is 1.10 bits per heavy atom. The molecule has 0 radical (unpaired) electrons. The van der Waals surface area contributed by atoms with Gasteiger partial charge in [0.05, 0.1) is 11.8 Å². The van der Waals surface area contributed by atoms with Gasteiger partial charge in [0.1, 0.15) is 11.5 Å². The smallest absolute Gasteiger partial charge is 0.333 e. The molecule has 0 spiro atoms. The number of hydrazine groups is 1. The molecule has 2 aromatic carbocycles. The van der Waals surface area contributed by atoms with E-state index in [0.29, 0.717) is 11.1 Å². The Labute approximate surface area is 168 Å². The van der Waals surface area contributed by atoms with Crippen LogP contribution in [0.5, 0.6) is 0 Å². The molecule has 0 atom stereocenters. The molecule has 0 fully saturated rings. The number of aromatic amines is 1. The Bertz CT molecular complexity index is 1230. The number of carbonyl (C=O) groups is 2. The van der Waals surface area contributed by atoms with E-state index in [1.165, 1.54) is 23.1 Å². The molecular weight excluding hydrogens is 394 g/mol. The molecule has 10 heteroatoms. The van der Waals surface area contributed by atoms with Gasteiger partial charge in [0.15, 0.2) is 5.82 Å². The maximum atomic E-state index is 13.8. The number of aromatic nitrogens is 3. The van der Waals surface area contributed by atoms with E-state index < -0.39 is 23.6 Å². The molecule has 0 aliphatic carbocycles. The normalized spacial score (nSPS) is 10.7. The van der Waals surface area contributed by atoms with Gasteiger partial charge >= 0.3 is 6.03 Å². The molecule has 0 unspecified atom stereocenters. The van der Waals surface area contributed by atoms with Gasteiger partial charge in [0, 0.05) is 41.5 Å². The summed E-state index contributed by atoms with van der Waals surface area (Å²) >= 11 is 0. The van der Waals surface area contributed by atoms with Gasteiger partial charge in [-0.05, 0) is 18.2 Å². The molecule has 0 saturated heterocycles. The van der Waals surface area contributed by atoms with Crippen LogP contribution in [-0.2, 0) is 6.54 Å². The predicted octanol–water partition coefficient (Wildman–Crippen LogP) is 2.78. The fourth-order valence-corrected chi connectivity index (χ4v) is 2.92. The molecular formula is C20H16F2N6O2. The Hall–Kier alpha value is -4.21. The number of H-pyrrole nitrogens is 1. The van der Waals surface area contributed by atoms with E-state index in [9.17, 15) is 18.4 Å². The van der Waals surface area contributed by atoms with Crippen LogP contribution in [0.25, 0.3) is 16.6 Å². The second-order valence-corrected chi connectivity index (χ2v) is 6.40. The van der Waals surface area contributed by atoms with Gasteiger partial charge < -0.3 is 10.3 Å². The maximum Gasteiger partial charge on any atom is 0.333 e. The van der Waals surface area contributed by atoms with Crippen LogP contribution in [0, 0.1) is 11.6 Å². The summed E-state index contributed by atoms with van der Waals surface area (Å²) in [6.45, 7) is 0.0810. The molecule has 0 bridgehead atoms. The Balaban J connectivity index is 1.31. The SMILES string of the molecule is O=C(NCc1cnn(-c2ccc(F)cc2F)c1)NNC(=O)c1c[nH]c2ccccc12. The summed E-state index contributed by atoms with van der Waals surface area (Å²) in [5.74, 6) is -1.91. The van der Waals surface area contributed by atoms with Gasteiger partial charge in [0.2, 0.25) is 0 Å². The highest BCUT2D eigenvalue weighted by Gasteiger charge is 2.13. The number of fused-ring (bicyclic) bond motifs is 1. The number of hydrogen-bond acceptors (Lipinski definition) is 3. The van der Waals surface area contributed by atoms with E-state index in [0.717, 1.165) is 23.0 Å². The summed E-state index contributed by atoms with van der Waals surface area (Å²) in [7, 11) is 0. The quantitative estimate of drug-likeness (QED) is 0.389. The first-order valence-electron chi connectivity index (χ1n) is 8.90. The molecule has 4 N–H and O–H groups in total. The lowest BCUT2D eigenvalue weighted by atomic mass is 10.2. The second-order valence-electron chi connectivity index (χ2n) is 6.40. The minimum absolute atomic E-state index is 0.0810. The molecule has 0 saturated carbocycles. The first kappa shape index (κ1) is 19.1. The first-order chi connectivity index (χ1) is 14.5. The van der Waals surface area contributed by atoms with Crippen LogP contribution < -0.4 is 16.2 Å². The van der Waals surface area contributed by atoms with Crippen LogP contribution >= 0.6 is 0 Å². The summed E-state index contributed by atoms with van der Waals surface area (Å²) < 4.78 is 28.1. The zero-order valence-corrected chi connectivity index (χ0v) is 15.4. The number of para-hydroxylation sites is 1. The minimum atomic E-state index is -0.754. The number of urea groups is 1. The number of nitrogens with zero attached hydrogens (tertiary/aromatic N) is 2. The van der Waals surface area contributed by atoms with E-state index >= 15 is 0 Å². The van der Waals surface area contributed by atoms with Gasteiger partial charge in [0.25, 0.3) is 5.91 Å². The van der Waals surface area contributed by atoms with Crippen LogP contribution in [0.4, 0.5) is 13.6 Å². The van der Waals surface area contributed by atoms with Crippen LogP contribution in [0.2, 0.25) is 0 Å². The monoisotopic (exact) mass is 410 g/mol. The number of carbonyl (C=O) groups excluding carboxylic acids is 2. The molecule has 30 heavy (non-hydrogen) atoms. The summed E-state index contributed by atoms with van der Waals surface area (Å²) in [5, 5.41) is 7.28. The zero-order valence-electron chi connectivity index (χ0n) is 15.4. The van der Waals surface area contributed by atoms with Crippen molar-refractivity contribution in [3.05, 3.63) is 83.8 Å². The summed E-state index contributed by atoms with van der Waals surface area (Å²) in [4.78, 5) is 27.2. The number of benzene rings is 2.